The van der Waals surface area contributed by atoms with Gasteiger partial charge in [-0.25, -0.2) is 4.98 Å². The van der Waals surface area contributed by atoms with E-state index in [1.807, 2.05) is 13.8 Å². The molecule has 0 spiro atoms. The lowest BCUT2D eigenvalue weighted by Gasteiger charge is -2.30. The maximum Gasteiger partial charge on any atom is 0.291 e. The summed E-state index contributed by atoms with van der Waals surface area (Å²) in [5, 5.41) is 9.60. The largest absolute Gasteiger partial charge is 0.348 e. The number of rotatable bonds is 7. The van der Waals surface area contributed by atoms with Gasteiger partial charge >= 0.3 is 0 Å². The van der Waals surface area contributed by atoms with Gasteiger partial charge in [-0.05, 0) is 27.7 Å². The summed E-state index contributed by atoms with van der Waals surface area (Å²) in [5.74, 6) is 0.970. The molecule has 0 radical (unpaired) electrons. The van der Waals surface area contributed by atoms with Crippen LogP contribution in [0.3, 0.4) is 0 Å². The number of aromatic amines is 1. The van der Waals surface area contributed by atoms with Crippen LogP contribution >= 0.6 is 0 Å². The molecule has 0 aliphatic heterocycles. The third-order valence-electron chi connectivity index (χ3n) is 3.23. The van der Waals surface area contributed by atoms with Gasteiger partial charge in [-0.3, -0.25) is 14.8 Å². The molecule has 0 bridgehead atoms. The van der Waals surface area contributed by atoms with E-state index in [0.29, 0.717) is 18.6 Å². The fourth-order valence-electron chi connectivity index (χ4n) is 2.12. The van der Waals surface area contributed by atoms with Crippen LogP contribution in [0.5, 0.6) is 0 Å². The minimum absolute atomic E-state index is 0.217. The van der Waals surface area contributed by atoms with Gasteiger partial charge in [0.1, 0.15) is 5.82 Å². The van der Waals surface area contributed by atoms with Crippen molar-refractivity contribution in [3.05, 3.63) is 11.6 Å². The molecule has 1 aromatic rings. The second kappa shape index (κ2) is 7.38. The number of H-pyrrole nitrogens is 1. The molecule has 20 heavy (non-hydrogen) atoms. The summed E-state index contributed by atoms with van der Waals surface area (Å²) in [6.45, 7) is 14.1. The predicted octanol–water partition coefficient (Wildman–Crippen LogP) is 1.78. The summed E-state index contributed by atoms with van der Waals surface area (Å²) in [6, 6.07) is 0.922. The molecule has 0 aromatic carbocycles. The van der Waals surface area contributed by atoms with Gasteiger partial charge in [-0.15, -0.1) is 5.10 Å². The van der Waals surface area contributed by atoms with Crippen molar-refractivity contribution in [3.8, 4) is 0 Å². The van der Waals surface area contributed by atoms with Gasteiger partial charge in [-0.1, -0.05) is 13.8 Å². The fourth-order valence-corrected chi connectivity index (χ4v) is 2.12. The summed E-state index contributed by atoms with van der Waals surface area (Å²) in [4.78, 5) is 18.4. The highest BCUT2D eigenvalue weighted by molar-refractivity contribution is 5.90. The Hall–Kier alpha value is -1.43. The molecule has 1 aromatic heterocycles. The van der Waals surface area contributed by atoms with Crippen molar-refractivity contribution < 1.29 is 4.79 Å². The van der Waals surface area contributed by atoms with Crippen molar-refractivity contribution in [2.24, 2.45) is 0 Å². The molecule has 0 saturated heterocycles. The number of hydrogen-bond donors (Lipinski definition) is 2. The lowest BCUT2D eigenvalue weighted by Crippen LogP contribution is -2.42. The molecule has 1 amide bonds. The third-order valence-corrected chi connectivity index (χ3v) is 3.23. The number of carbonyl (C=O) groups is 1. The highest BCUT2D eigenvalue weighted by atomic mass is 16.2. The average molecular weight is 281 g/mol. The lowest BCUT2D eigenvalue weighted by molar-refractivity contribution is 0.0929. The van der Waals surface area contributed by atoms with Crippen LogP contribution in [0.25, 0.3) is 0 Å². The van der Waals surface area contributed by atoms with Gasteiger partial charge in [0.15, 0.2) is 0 Å². The predicted molar refractivity (Wildman–Crippen MR) is 79.8 cm³/mol. The van der Waals surface area contributed by atoms with Crippen molar-refractivity contribution in [2.75, 3.05) is 13.1 Å². The van der Waals surface area contributed by atoms with Gasteiger partial charge in [-0.2, -0.15) is 0 Å². The van der Waals surface area contributed by atoms with Crippen LogP contribution in [0.4, 0.5) is 0 Å². The Kier molecular flexibility index (Phi) is 6.13. The van der Waals surface area contributed by atoms with Crippen molar-refractivity contribution in [1.82, 2.24) is 25.4 Å². The minimum Gasteiger partial charge on any atom is -0.348 e. The lowest BCUT2D eigenvalue weighted by atomic mass is 10.2. The first-order valence-electron chi connectivity index (χ1n) is 7.29. The number of nitrogens with zero attached hydrogens (tertiary/aromatic N) is 3. The van der Waals surface area contributed by atoms with Crippen molar-refractivity contribution in [2.45, 2.75) is 59.5 Å². The molecule has 1 heterocycles. The molecular weight excluding hydrogens is 254 g/mol. The molecule has 0 aliphatic rings. The summed E-state index contributed by atoms with van der Waals surface area (Å²) >= 11 is 0. The SMILES string of the molecule is CC(C)c1nc(C(=O)NCCN(C(C)C)C(C)C)n[nH]1. The first kappa shape index (κ1) is 16.6. The topological polar surface area (TPSA) is 73.9 Å². The number of amides is 1. The van der Waals surface area contributed by atoms with Crippen molar-refractivity contribution in [1.29, 1.82) is 0 Å². The first-order valence-corrected chi connectivity index (χ1v) is 7.29. The van der Waals surface area contributed by atoms with Crippen LogP contribution in [-0.4, -0.2) is 51.2 Å². The fraction of sp³-hybridized carbons (Fsp3) is 0.786. The molecule has 0 aliphatic carbocycles. The van der Waals surface area contributed by atoms with E-state index < -0.39 is 0 Å². The van der Waals surface area contributed by atoms with E-state index in [9.17, 15) is 4.79 Å². The molecule has 0 unspecified atom stereocenters. The molecule has 1 rings (SSSR count). The monoisotopic (exact) mass is 281 g/mol. The second-order valence-electron chi connectivity index (χ2n) is 5.88. The van der Waals surface area contributed by atoms with Gasteiger partial charge in [0, 0.05) is 31.1 Å². The maximum atomic E-state index is 11.9. The molecule has 0 saturated carbocycles. The molecular formula is C14H27N5O. The van der Waals surface area contributed by atoms with E-state index >= 15 is 0 Å². The van der Waals surface area contributed by atoms with Crippen LogP contribution in [-0.2, 0) is 0 Å². The van der Waals surface area contributed by atoms with Gasteiger partial charge < -0.3 is 5.32 Å². The van der Waals surface area contributed by atoms with Crippen molar-refractivity contribution >= 4 is 5.91 Å². The van der Waals surface area contributed by atoms with E-state index in [2.05, 4.69) is 53.1 Å². The Labute approximate surface area is 121 Å². The van der Waals surface area contributed by atoms with Crippen LogP contribution in [0.1, 0.15) is 63.9 Å². The Morgan fingerprint density at radius 2 is 1.80 bits per heavy atom. The van der Waals surface area contributed by atoms with Gasteiger partial charge in [0.05, 0.1) is 0 Å². The number of nitrogens with one attached hydrogen (secondary N) is 2. The number of hydrogen-bond acceptors (Lipinski definition) is 4. The standard InChI is InChI=1S/C14H27N5O/c1-9(2)12-16-13(18-17-12)14(20)15-7-8-19(10(3)4)11(5)6/h9-11H,7-8H2,1-6H3,(H,15,20)(H,16,17,18). The molecule has 6 nitrogen and oxygen atoms in total. The van der Waals surface area contributed by atoms with E-state index in [-0.39, 0.29) is 17.6 Å². The summed E-state index contributed by atoms with van der Waals surface area (Å²) in [5.41, 5.74) is 0. The number of carbonyl (C=O) groups excluding carboxylic acids is 1. The zero-order chi connectivity index (χ0) is 15.3. The summed E-state index contributed by atoms with van der Waals surface area (Å²) < 4.78 is 0. The van der Waals surface area contributed by atoms with Crippen LogP contribution in [0.15, 0.2) is 0 Å². The van der Waals surface area contributed by atoms with Crippen LogP contribution in [0, 0.1) is 0 Å². The summed E-state index contributed by atoms with van der Waals surface area (Å²) in [6.07, 6.45) is 0. The normalized spacial score (nSPS) is 11.9. The van der Waals surface area contributed by atoms with Gasteiger partial charge in [0.25, 0.3) is 5.91 Å². The zero-order valence-electron chi connectivity index (χ0n) is 13.4. The Balaban J connectivity index is 2.46. The van der Waals surface area contributed by atoms with E-state index in [4.69, 9.17) is 0 Å². The molecule has 0 fully saturated rings. The smallest absolute Gasteiger partial charge is 0.291 e. The van der Waals surface area contributed by atoms with Crippen molar-refractivity contribution in [3.63, 3.8) is 0 Å². The van der Waals surface area contributed by atoms with Crippen LogP contribution in [0.2, 0.25) is 0 Å². The average Bonchev–Trinajstić information content (AvgIpc) is 2.82. The van der Waals surface area contributed by atoms with E-state index in [1.54, 1.807) is 0 Å². The van der Waals surface area contributed by atoms with Gasteiger partial charge in [0.2, 0.25) is 5.82 Å². The highest BCUT2D eigenvalue weighted by Gasteiger charge is 2.16. The molecule has 2 N–H and O–H groups in total. The second-order valence-corrected chi connectivity index (χ2v) is 5.88. The minimum atomic E-state index is -0.222. The zero-order valence-corrected chi connectivity index (χ0v) is 13.4. The number of aromatic nitrogens is 3. The third kappa shape index (κ3) is 4.59. The van der Waals surface area contributed by atoms with E-state index in [0.717, 1.165) is 12.4 Å². The van der Waals surface area contributed by atoms with Crippen LogP contribution < -0.4 is 5.32 Å². The Bertz CT molecular complexity index is 417. The molecule has 114 valence electrons. The highest BCUT2D eigenvalue weighted by Crippen LogP contribution is 2.07. The Morgan fingerprint density at radius 1 is 1.20 bits per heavy atom. The molecule has 6 heteroatoms. The quantitative estimate of drug-likeness (QED) is 0.799. The molecule has 0 atom stereocenters. The Morgan fingerprint density at radius 3 is 2.25 bits per heavy atom. The first-order chi connectivity index (χ1) is 9.32. The van der Waals surface area contributed by atoms with E-state index in [1.165, 1.54) is 0 Å². The summed E-state index contributed by atoms with van der Waals surface area (Å²) in [7, 11) is 0. The maximum absolute atomic E-state index is 11.9.